The van der Waals surface area contributed by atoms with Gasteiger partial charge in [0.05, 0.1) is 11.1 Å². The summed E-state index contributed by atoms with van der Waals surface area (Å²) in [6.07, 6.45) is 0.946. The highest BCUT2D eigenvalue weighted by atomic mass is 35.5. The topological polar surface area (TPSA) is 70.1 Å². The fourth-order valence-electron chi connectivity index (χ4n) is 5.99. The van der Waals surface area contributed by atoms with E-state index < -0.39 is 23.2 Å². The van der Waals surface area contributed by atoms with Gasteiger partial charge in [0, 0.05) is 43.8 Å². The summed E-state index contributed by atoms with van der Waals surface area (Å²) in [7, 11) is 0. The summed E-state index contributed by atoms with van der Waals surface area (Å²) in [6.45, 7) is 5.94. The van der Waals surface area contributed by atoms with Gasteiger partial charge in [0.25, 0.3) is 12.4 Å². The maximum absolute atomic E-state index is 15.7. The first-order valence-electron chi connectivity index (χ1n) is 15.5. The third-order valence-corrected chi connectivity index (χ3v) is 9.39. The van der Waals surface area contributed by atoms with Gasteiger partial charge >= 0.3 is 6.18 Å². The van der Waals surface area contributed by atoms with Crippen molar-refractivity contribution in [2.24, 2.45) is 5.41 Å². The van der Waals surface area contributed by atoms with Crippen LogP contribution >= 0.6 is 11.6 Å². The molecular formula is C33H40ClF5N2O4. The second-order valence-electron chi connectivity index (χ2n) is 12.2. The van der Waals surface area contributed by atoms with Gasteiger partial charge in [-0.2, -0.15) is 13.2 Å². The number of halogens is 6. The van der Waals surface area contributed by atoms with Crippen LogP contribution in [0, 0.1) is 11.2 Å². The van der Waals surface area contributed by atoms with Crippen molar-refractivity contribution < 1.29 is 41.4 Å². The van der Waals surface area contributed by atoms with Gasteiger partial charge < -0.3 is 14.7 Å². The van der Waals surface area contributed by atoms with Gasteiger partial charge in [-0.3, -0.25) is 14.5 Å². The van der Waals surface area contributed by atoms with Gasteiger partial charge in [0.2, 0.25) is 0 Å². The summed E-state index contributed by atoms with van der Waals surface area (Å²) in [6, 6.07) is 6.14. The number of hydrogen-bond acceptors (Lipinski definition) is 4. The molecule has 2 aliphatic heterocycles. The van der Waals surface area contributed by atoms with Crippen molar-refractivity contribution in [3.63, 3.8) is 0 Å². The zero-order valence-electron chi connectivity index (χ0n) is 25.6. The van der Waals surface area contributed by atoms with Crippen molar-refractivity contribution in [1.82, 2.24) is 9.80 Å². The van der Waals surface area contributed by atoms with Crippen molar-refractivity contribution in [3.8, 4) is 5.75 Å². The lowest BCUT2D eigenvalue weighted by atomic mass is 9.93. The minimum atomic E-state index is -4.47. The number of carbonyl (C=O) groups is 2. The Balaban J connectivity index is 0.000000871. The lowest BCUT2D eigenvalue weighted by Gasteiger charge is -2.36. The Labute approximate surface area is 265 Å². The summed E-state index contributed by atoms with van der Waals surface area (Å²) >= 11 is 6.09. The van der Waals surface area contributed by atoms with Gasteiger partial charge in [-0.25, -0.2) is 8.78 Å². The van der Waals surface area contributed by atoms with Crippen LogP contribution in [0.4, 0.5) is 22.0 Å². The van der Waals surface area contributed by atoms with Crippen LogP contribution in [-0.2, 0) is 17.5 Å². The van der Waals surface area contributed by atoms with Gasteiger partial charge in [0.15, 0.2) is 0 Å². The van der Waals surface area contributed by atoms with Crippen LogP contribution in [0.1, 0.15) is 91.8 Å². The molecule has 6 rings (SSSR count). The third kappa shape index (κ3) is 8.67. The predicted molar refractivity (Wildman–Crippen MR) is 161 cm³/mol. The fourth-order valence-corrected chi connectivity index (χ4v) is 6.23. The van der Waals surface area contributed by atoms with Crippen molar-refractivity contribution in [1.29, 1.82) is 0 Å². The highest BCUT2D eigenvalue weighted by Crippen LogP contribution is 2.53. The lowest BCUT2D eigenvalue weighted by molar-refractivity contribution is -0.137. The van der Waals surface area contributed by atoms with Gasteiger partial charge in [-0.1, -0.05) is 31.5 Å². The SMILES string of the molecule is CC.O=C(c1cc(C2CC2)c(OCC2(F)CCN(Cc3ccc(C(F)(F)F)cc3Cl)CC2)cc1F)N1CCC2(CC2)C1.O=CO. The molecule has 4 fully saturated rings. The smallest absolute Gasteiger partial charge is 0.416 e. The molecule has 45 heavy (non-hydrogen) atoms. The number of hydrogen-bond donors (Lipinski definition) is 1. The lowest BCUT2D eigenvalue weighted by Crippen LogP contribution is -2.44. The molecule has 12 heteroatoms. The zero-order chi connectivity index (χ0) is 33.0. The van der Waals surface area contributed by atoms with E-state index in [0.717, 1.165) is 49.8 Å². The van der Waals surface area contributed by atoms with E-state index >= 15 is 8.78 Å². The molecular weight excluding hydrogens is 619 g/mol. The summed E-state index contributed by atoms with van der Waals surface area (Å²) < 4.78 is 75.5. The van der Waals surface area contributed by atoms with E-state index in [0.29, 0.717) is 44.0 Å². The molecule has 1 N–H and O–H groups in total. The van der Waals surface area contributed by atoms with Gasteiger partial charge in [0.1, 0.15) is 23.8 Å². The van der Waals surface area contributed by atoms with Crippen LogP contribution in [0.2, 0.25) is 5.02 Å². The van der Waals surface area contributed by atoms with Crippen molar-refractivity contribution in [2.75, 3.05) is 32.8 Å². The minimum Gasteiger partial charge on any atom is -0.490 e. The van der Waals surface area contributed by atoms with E-state index in [1.807, 2.05) is 18.7 Å². The predicted octanol–water partition coefficient (Wildman–Crippen LogP) is 8.11. The van der Waals surface area contributed by atoms with Gasteiger partial charge in [-0.05, 0) is 85.6 Å². The zero-order valence-corrected chi connectivity index (χ0v) is 26.3. The van der Waals surface area contributed by atoms with Crippen LogP contribution in [0.3, 0.4) is 0 Å². The van der Waals surface area contributed by atoms with Crippen LogP contribution in [-0.4, -0.2) is 65.7 Å². The maximum Gasteiger partial charge on any atom is 0.416 e. The molecule has 1 spiro atoms. The maximum atomic E-state index is 15.7. The van der Waals surface area contributed by atoms with E-state index in [4.69, 9.17) is 26.2 Å². The molecule has 4 aliphatic rings. The van der Waals surface area contributed by atoms with Crippen LogP contribution < -0.4 is 4.74 Å². The Bertz CT molecular complexity index is 1360. The molecule has 2 aromatic carbocycles. The molecule has 0 radical (unpaired) electrons. The molecule has 0 bridgehead atoms. The average molecular weight is 659 g/mol. The number of carboxylic acid groups (broad SMARTS) is 1. The Morgan fingerprint density at radius 2 is 1.71 bits per heavy atom. The number of alkyl halides is 4. The van der Waals surface area contributed by atoms with E-state index in [9.17, 15) is 18.0 Å². The molecule has 2 aliphatic carbocycles. The number of likely N-dealkylation sites (tertiary alicyclic amines) is 2. The highest BCUT2D eigenvalue weighted by molar-refractivity contribution is 6.31. The minimum absolute atomic E-state index is 0.0311. The highest BCUT2D eigenvalue weighted by Gasteiger charge is 2.49. The normalized spacial score (nSPS) is 20.0. The third-order valence-electron chi connectivity index (χ3n) is 9.04. The van der Waals surface area contributed by atoms with Crippen LogP contribution in [0.5, 0.6) is 5.75 Å². The average Bonchev–Trinajstić information content (AvgIpc) is 3.93. The second kappa shape index (κ2) is 14.2. The second-order valence-corrected chi connectivity index (χ2v) is 12.7. The quantitative estimate of drug-likeness (QED) is 0.240. The Hall–Kier alpha value is -2.92. The number of benzene rings is 2. The summed E-state index contributed by atoms with van der Waals surface area (Å²) in [5.41, 5.74) is -0.788. The first-order chi connectivity index (χ1) is 21.4. The van der Waals surface area contributed by atoms with Crippen molar-refractivity contribution >= 4 is 24.0 Å². The number of amides is 1. The van der Waals surface area contributed by atoms with Crippen LogP contribution in [0.15, 0.2) is 30.3 Å². The number of piperidine rings is 1. The van der Waals surface area contributed by atoms with Gasteiger partial charge in [-0.15, -0.1) is 0 Å². The van der Waals surface area contributed by atoms with Crippen LogP contribution in [0.25, 0.3) is 0 Å². The number of rotatable bonds is 7. The number of ether oxygens (including phenoxy) is 1. The van der Waals surface area contributed by atoms with Crippen molar-refractivity contribution in [2.45, 2.75) is 83.1 Å². The molecule has 1 amide bonds. The Kier molecular flexibility index (Phi) is 11.1. The monoisotopic (exact) mass is 658 g/mol. The molecule has 248 valence electrons. The first-order valence-corrected chi connectivity index (χ1v) is 15.8. The molecule has 0 unspecified atom stereocenters. The largest absolute Gasteiger partial charge is 0.490 e. The molecule has 2 saturated heterocycles. The van der Waals surface area contributed by atoms with E-state index in [2.05, 4.69) is 0 Å². The molecule has 0 atom stereocenters. The molecule has 2 aromatic rings. The number of nitrogens with zero attached hydrogens (tertiary/aromatic N) is 2. The molecule has 0 aromatic heterocycles. The molecule has 2 saturated carbocycles. The number of carbonyl (C=O) groups excluding carboxylic acids is 1. The van der Waals surface area contributed by atoms with Crippen molar-refractivity contribution in [3.05, 3.63) is 63.4 Å². The Morgan fingerprint density at radius 1 is 1.07 bits per heavy atom. The fraction of sp³-hybridized carbons (Fsp3) is 0.576. The molecule has 6 nitrogen and oxygen atoms in total. The summed E-state index contributed by atoms with van der Waals surface area (Å²) in [5.74, 6) is -0.441. The Morgan fingerprint density at radius 3 is 2.24 bits per heavy atom. The standard InChI is InChI=1S/C30H32ClF5N2O2.C2H6.CH2O2/c31-24-13-21(30(34,35)36)4-3-20(24)16-37-10-8-29(33,9-11-37)18-40-26-15-25(32)23(14-22(26)19-1-2-19)27(39)38-12-7-28(17-38)5-6-28;1-2;2-1-3/h3-4,13-15,19H,1-2,5-12,16-18H2;1-2H3;1H,(H,2,3). The van der Waals surface area contributed by atoms with E-state index in [1.165, 1.54) is 12.1 Å². The summed E-state index contributed by atoms with van der Waals surface area (Å²) in [5, 5.41) is 6.92. The first kappa shape index (κ1) is 34.9. The van der Waals surface area contributed by atoms with E-state index in [-0.39, 0.29) is 53.7 Å². The van der Waals surface area contributed by atoms with E-state index in [1.54, 1.807) is 11.0 Å². The summed E-state index contributed by atoms with van der Waals surface area (Å²) in [4.78, 5) is 25.2. The molecule has 2 heterocycles.